The van der Waals surface area contributed by atoms with Gasteiger partial charge in [0.2, 0.25) is 0 Å². The Balaban J connectivity index is 3.04. The van der Waals surface area contributed by atoms with Gasteiger partial charge < -0.3 is 5.73 Å². The van der Waals surface area contributed by atoms with Crippen molar-refractivity contribution in [2.24, 2.45) is 0 Å². The molecule has 0 heterocycles. The Morgan fingerprint density at radius 1 is 1.40 bits per heavy atom. The van der Waals surface area contributed by atoms with Crippen LogP contribution < -0.4 is 5.73 Å². The summed E-state index contributed by atoms with van der Waals surface area (Å²) < 4.78 is 0. The van der Waals surface area contributed by atoms with Crippen LogP contribution in [-0.4, -0.2) is 6.26 Å². The summed E-state index contributed by atoms with van der Waals surface area (Å²) >= 11 is 1.71. The van der Waals surface area contributed by atoms with E-state index < -0.39 is 0 Å². The Bertz CT molecular complexity index is 233. The molecule has 0 atom stereocenters. The van der Waals surface area contributed by atoms with Crippen molar-refractivity contribution in [3.63, 3.8) is 0 Å². The lowest BCUT2D eigenvalue weighted by molar-refractivity contribution is 1.38. The van der Waals surface area contributed by atoms with Crippen LogP contribution in [0.1, 0.15) is 5.56 Å². The van der Waals surface area contributed by atoms with E-state index >= 15 is 0 Å². The zero-order valence-electron chi connectivity index (χ0n) is 6.22. The average molecular weight is 153 g/mol. The van der Waals surface area contributed by atoms with Gasteiger partial charge in [-0.1, -0.05) is 6.07 Å². The van der Waals surface area contributed by atoms with E-state index in [0.717, 1.165) is 11.3 Å². The fourth-order valence-electron chi connectivity index (χ4n) is 0.746. The predicted octanol–water partition coefficient (Wildman–Crippen LogP) is 2.30. The van der Waals surface area contributed by atoms with Gasteiger partial charge in [-0.15, -0.1) is 11.8 Å². The molecule has 0 radical (unpaired) electrons. The van der Waals surface area contributed by atoms with E-state index in [1.54, 1.807) is 11.8 Å². The number of benzene rings is 1. The van der Waals surface area contributed by atoms with Crippen LogP contribution in [0.4, 0.5) is 5.69 Å². The maximum atomic E-state index is 5.68. The molecule has 0 aliphatic carbocycles. The number of anilines is 1. The zero-order chi connectivity index (χ0) is 7.56. The van der Waals surface area contributed by atoms with Gasteiger partial charge >= 0.3 is 0 Å². The van der Waals surface area contributed by atoms with Crippen LogP contribution in [0.3, 0.4) is 0 Å². The molecule has 2 N–H and O–H groups in total. The monoisotopic (exact) mass is 153 g/mol. The summed E-state index contributed by atoms with van der Waals surface area (Å²) in [5.74, 6) is 0. The van der Waals surface area contributed by atoms with Gasteiger partial charge in [-0.2, -0.15) is 0 Å². The molecule has 0 fully saturated rings. The number of nitrogen functional groups attached to an aromatic ring is 1. The standard InChI is InChI=1S/C8H11NS/c1-6-3-4-7(10-2)5-8(6)9/h3-5H,9H2,1-2H3. The number of thioether (sulfide) groups is 1. The number of rotatable bonds is 1. The van der Waals surface area contributed by atoms with Gasteiger partial charge in [-0.3, -0.25) is 0 Å². The molecule has 0 bridgehead atoms. The number of hydrogen-bond acceptors (Lipinski definition) is 2. The van der Waals surface area contributed by atoms with Crippen molar-refractivity contribution in [2.75, 3.05) is 12.0 Å². The van der Waals surface area contributed by atoms with Crippen LogP contribution in [0, 0.1) is 6.92 Å². The first kappa shape index (κ1) is 7.48. The van der Waals surface area contributed by atoms with E-state index in [2.05, 4.69) is 6.07 Å². The second-order valence-electron chi connectivity index (χ2n) is 2.22. The molecule has 2 heteroatoms. The highest BCUT2D eigenvalue weighted by Gasteiger charge is 1.93. The first-order valence-corrected chi connectivity index (χ1v) is 4.36. The zero-order valence-corrected chi connectivity index (χ0v) is 7.03. The maximum absolute atomic E-state index is 5.68. The minimum Gasteiger partial charge on any atom is -0.398 e. The van der Waals surface area contributed by atoms with Crippen molar-refractivity contribution in [3.05, 3.63) is 23.8 Å². The highest BCUT2D eigenvalue weighted by Crippen LogP contribution is 2.19. The van der Waals surface area contributed by atoms with Gasteiger partial charge in [0.15, 0.2) is 0 Å². The van der Waals surface area contributed by atoms with E-state index in [1.165, 1.54) is 4.90 Å². The normalized spacial score (nSPS) is 9.80. The summed E-state index contributed by atoms with van der Waals surface area (Å²) in [6.07, 6.45) is 2.05. The first-order chi connectivity index (χ1) is 4.74. The summed E-state index contributed by atoms with van der Waals surface area (Å²) in [6.45, 7) is 2.01. The topological polar surface area (TPSA) is 26.0 Å². The number of nitrogens with two attached hydrogens (primary N) is 1. The summed E-state index contributed by atoms with van der Waals surface area (Å²) in [4.78, 5) is 1.23. The van der Waals surface area contributed by atoms with E-state index in [9.17, 15) is 0 Å². The lowest BCUT2D eigenvalue weighted by atomic mass is 10.2. The molecular formula is C8H11NS. The van der Waals surface area contributed by atoms with Crippen molar-refractivity contribution in [1.82, 2.24) is 0 Å². The minimum absolute atomic E-state index is 0.881. The van der Waals surface area contributed by atoms with Gasteiger partial charge in [0.1, 0.15) is 0 Å². The molecule has 1 rings (SSSR count). The molecular weight excluding hydrogens is 142 g/mol. The summed E-state index contributed by atoms with van der Waals surface area (Å²) in [5.41, 5.74) is 7.71. The van der Waals surface area contributed by atoms with E-state index in [0.29, 0.717) is 0 Å². The van der Waals surface area contributed by atoms with Crippen LogP contribution in [0.15, 0.2) is 23.1 Å². The van der Waals surface area contributed by atoms with Gasteiger partial charge in [0.05, 0.1) is 0 Å². The van der Waals surface area contributed by atoms with E-state index in [4.69, 9.17) is 5.73 Å². The van der Waals surface area contributed by atoms with Gasteiger partial charge in [0, 0.05) is 10.6 Å². The quantitative estimate of drug-likeness (QED) is 0.495. The van der Waals surface area contributed by atoms with Crippen LogP contribution in [0.25, 0.3) is 0 Å². The molecule has 0 unspecified atom stereocenters. The van der Waals surface area contributed by atoms with E-state index in [-0.39, 0.29) is 0 Å². The van der Waals surface area contributed by atoms with Crippen molar-refractivity contribution in [3.8, 4) is 0 Å². The SMILES string of the molecule is CSc1ccc(C)c(N)c1. The van der Waals surface area contributed by atoms with Crippen LogP contribution in [0.5, 0.6) is 0 Å². The highest BCUT2D eigenvalue weighted by atomic mass is 32.2. The number of aryl methyl sites for hydroxylation is 1. The van der Waals surface area contributed by atoms with Gasteiger partial charge in [0.25, 0.3) is 0 Å². The highest BCUT2D eigenvalue weighted by molar-refractivity contribution is 7.98. The molecule has 1 aromatic rings. The van der Waals surface area contributed by atoms with Crippen molar-refractivity contribution < 1.29 is 0 Å². The third-order valence-corrected chi connectivity index (χ3v) is 2.21. The van der Waals surface area contributed by atoms with Crippen LogP contribution >= 0.6 is 11.8 Å². The molecule has 0 amide bonds. The van der Waals surface area contributed by atoms with E-state index in [1.807, 2.05) is 25.3 Å². The Hall–Kier alpha value is -0.630. The number of hydrogen-bond donors (Lipinski definition) is 1. The Kier molecular flexibility index (Phi) is 2.22. The average Bonchev–Trinajstić information content (AvgIpc) is 1.95. The maximum Gasteiger partial charge on any atom is 0.0354 e. The third-order valence-electron chi connectivity index (χ3n) is 1.49. The molecule has 0 saturated heterocycles. The minimum atomic E-state index is 0.881. The molecule has 1 nitrogen and oxygen atoms in total. The third kappa shape index (κ3) is 1.45. The van der Waals surface area contributed by atoms with Crippen LogP contribution in [-0.2, 0) is 0 Å². The molecule has 0 aliphatic rings. The van der Waals surface area contributed by atoms with Gasteiger partial charge in [-0.05, 0) is 30.9 Å². The molecule has 1 aromatic carbocycles. The summed E-state index contributed by atoms with van der Waals surface area (Å²) in [7, 11) is 0. The van der Waals surface area contributed by atoms with Crippen molar-refractivity contribution in [1.29, 1.82) is 0 Å². The van der Waals surface area contributed by atoms with Crippen molar-refractivity contribution >= 4 is 17.4 Å². The molecule has 0 spiro atoms. The Morgan fingerprint density at radius 2 is 2.10 bits per heavy atom. The summed E-state index contributed by atoms with van der Waals surface area (Å²) in [5, 5.41) is 0. The summed E-state index contributed by atoms with van der Waals surface area (Å²) in [6, 6.07) is 6.12. The van der Waals surface area contributed by atoms with Crippen molar-refractivity contribution in [2.45, 2.75) is 11.8 Å². The van der Waals surface area contributed by atoms with Gasteiger partial charge in [-0.25, -0.2) is 0 Å². The molecule has 10 heavy (non-hydrogen) atoms. The first-order valence-electron chi connectivity index (χ1n) is 3.14. The molecule has 0 aromatic heterocycles. The lowest BCUT2D eigenvalue weighted by Gasteiger charge is -2.00. The smallest absolute Gasteiger partial charge is 0.0354 e. The Morgan fingerprint density at radius 3 is 2.60 bits per heavy atom. The molecule has 0 saturated carbocycles. The van der Waals surface area contributed by atoms with Crippen LogP contribution in [0.2, 0.25) is 0 Å². The fourth-order valence-corrected chi connectivity index (χ4v) is 1.19. The lowest BCUT2D eigenvalue weighted by Crippen LogP contribution is -1.88. The largest absolute Gasteiger partial charge is 0.398 e. The molecule has 0 aliphatic heterocycles. The fraction of sp³-hybridized carbons (Fsp3) is 0.250. The predicted molar refractivity (Wildman–Crippen MR) is 47.4 cm³/mol. The Labute approximate surface area is 65.6 Å². The molecule has 54 valence electrons. The second-order valence-corrected chi connectivity index (χ2v) is 3.10. The second kappa shape index (κ2) is 2.97.